The molecule has 2 rings (SSSR count). The zero-order valence-electron chi connectivity index (χ0n) is 10.7. The standard InChI is InChI=1S/C14H19ClN2O/c1-11-6-8-17(9-7-11)14(18)10-16-13-5-3-2-4-12(13)15/h2-5,11,16H,6-10H2,1H3. The topological polar surface area (TPSA) is 32.3 Å². The van der Waals surface area contributed by atoms with Crippen LogP contribution in [0.2, 0.25) is 5.02 Å². The number of carbonyl (C=O) groups excluding carboxylic acids is 1. The summed E-state index contributed by atoms with van der Waals surface area (Å²) in [5, 5.41) is 3.75. The minimum Gasteiger partial charge on any atom is -0.375 e. The normalized spacial score (nSPS) is 16.7. The number of amides is 1. The number of hydrogen-bond acceptors (Lipinski definition) is 2. The monoisotopic (exact) mass is 266 g/mol. The zero-order chi connectivity index (χ0) is 13.0. The van der Waals surface area contributed by atoms with Gasteiger partial charge in [0.15, 0.2) is 0 Å². The van der Waals surface area contributed by atoms with Gasteiger partial charge in [0.1, 0.15) is 0 Å². The third-order valence-corrected chi connectivity index (χ3v) is 3.77. The number of carbonyl (C=O) groups is 1. The molecular weight excluding hydrogens is 248 g/mol. The van der Waals surface area contributed by atoms with Gasteiger partial charge in [0.2, 0.25) is 5.91 Å². The quantitative estimate of drug-likeness (QED) is 0.912. The minimum absolute atomic E-state index is 0.154. The van der Waals surface area contributed by atoms with E-state index in [-0.39, 0.29) is 5.91 Å². The highest BCUT2D eigenvalue weighted by molar-refractivity contribution is 6.33. The number of nitrogens with one attached hydrogen (secondary N) is 1. The van der Waals surface area contributed by atoms with Gasteiger partial charge in [0.05, 0.1) is 17.3 Å². The number of hydrogen-bond donors (Lipinski definition) is 1. The molecule has 1 amide bonds. The minimum atomic E-state index is 0.154. The van der Waals surface area contributed by atoms with Crippen LogP contribution in [0.25, 0.3) is 0 Å². The van der Waals surface area contributed by atoms with Crippen LogP contribution in [0.1, 0.15) is 19.8 Å². The average Bonchev–Trinajstić information content (AvgIpc) is 2.38. The fraction of sp³-hybridized carbons (Fsp3) is 0.500. The molecule has 3 nitrogen and oxygen atoms in total. The lowest BCUT2D eigenvalue weighted by atomic mass is 9.99. The molecule has 1 aromatic carbocycles. The summed E-state index contributed by atoms with van der Waals surface area (Å²) in [7, 11) is 0. The van der Waals surface area contributed by atoms with Crippen LogP contribution < -0.4 is 5.32 Å². The van der Waals surface area contributed by atoms with Crippen LogP contribution in [0.5, 0.6) is 0 Å². The second-order valence-corrected chi connectivity index (χ2v) is 5.30. The first-order valence-electron chi connectivity index (χ1n) is 6.43. The van der Waals surface area contributed by atoms with E-state index in [1.165, 1.54) is 0 Å². The van der Waals surface area contributed by atoms with Gasteiger partial charge in [-0.25, -0.2) is 0 Å². The van der Waals surface area contributed by atoms with E-state index in [9.17, 15) is 4.79 Å². The molecule has 0 bridgehead atoms. The van der Waals surface area contributed by atoms with E-state index in [0.717, 1.165) is 37.5 Å². The summed E-state index contributed by atoms with van der Waals surface area (Å²) in [6, 6.07) is 7.48. The second kappa shape index (κ2) is 6.10. The summed E-state index contributed by atoms with van der Waals surface area (Å²) in [4.78, 5) is 13.9. The van der Waals surface area contributed by atoms with Crippen molar-refractivity contribution >= 4 is 23.2 Å². The van der Waals surface area contributed by atoms with Crippen molar-refractivity contribution in [1.29, 1.82) is 0 Å². The van der Waals surface area contributed by atoms with Crippen molar-refractivity contribution < 1.29 is 4.79 Å². The van der Waals surface area contributed by atoms with Crippen LogP contribution in [0.4, 0.5) is 5.69 Å². The highest BCUT2D eigenvalue weighted by Gasteiger charge is 2.19. The number of likely N-dealkylation sites (tertiary alicyclic amines) is 1. The molecule has 4 heteroatoms. The van der Waals surface area contributed by atoms with Gasteiger partial charge in [-0.05, 0) is 30.9 Å². The van der Waals surface area contributed by atoms with E-state index in [4.69, 9.17) is 11.6 Å². The van der Waals surface area contributed by atoms with Gasteiger partial charge >= 0.3 is 0 Å². The van der Waals surface area contributed by atoms with Gasteiger partial charge in [0.25, 0.3) is 0 Å². The molecule has 1 heterocycles. The fourth-order valence-corrected chi connectivity index (χ4v) is 2.35. The van der Waals surface area contributed by atoms with E-state index in [2.05, 4.69) is 12.2 Å². The lowest BCUT2D eigenvalue weighted by molar-refractivity contribution is -0.130. The van der Waals surface area contributed by atoms with Gasteiger partial charge in [-0.3, -0.25) is 4.79 Å². The number of anilines is 1. The first-order chi connectivity index (χ1) is 8.66. The molecule has 1 aliphatic heterocycles. The van der Waals surface area contributed by atoms with Crippen LogP contribution >= 0.6 is 11.6 Å². The fourth-order valence-electron chi connectivity index (χ4n) is 2.15. The molecule has 0 aliphatic carbocycles. The maximum absolute atomic E-state index is 12.0. The van der Waals surface area contributed by atoms with Crippen LogP contribution in [0, 0.1) is 5.92 Å². The number of halogens is 1. The Morgan fingerprint density at radius 3 is 2.72 bits per heavy atom. The molecule has 98 valence electrons. The Morgan fingerprint density at radius 1 is 1.39 bits per heavy atom. The molecule has 1 aliphatic rings. The number of piperidine rings is 1. The first-order valence-corrected chi connectivity index (χ1v) is 6.81. The van der Waals surface area contributed by atoms with Gasteiger partial charge < -0.3 is 10.2 Å². The number of nitrogens with zero attached hydrogens (tertiary/aromatic N) is 1. The molecule has 1 fully saturated rings. The highest BCUT2D eigenvalue weighted by Crippen LogP contribution is 2.20. The molecule has 0 aromatic heterocycles. The molecule has 0 saturated carbocycles. The largest absolute Gasteiger partial charge is 0.375 e. The summed E-state index contributed by atoms with van der Waals surface area (Å²) < 4.78 is 0. The van der Waals surface area contributed by atoms with Gasteiger partial charge in [-0.2, -0.15) is 0 Å². The summed E-state index contributed by atoms with van der Waals surface area (Å²) in [6.45, 7) is 4.32. The molecule has 18 heavy (non-hydrogen) atoms. The van der Waals surface area contributed by atoms with Gasteiger partial charge in [-0.15, -0.1) is 0 Å². The maximum Gasteiger partial charge on any atom is 0.241 e. The lowest BCUT2D eigenvalue weighted by Gasteiger charge is -2.30. The highest BCUT2D eigenvalue weighted by atomic mass is 35.5. The van der Waals surface area contributed by atoms with Crippen molar-refractivity contribution in [3.05, 3.63) is 29.3 Å². The summed E-state index contributed by atoms with van der Waals surface area (Å²) >= 11 is 6.03. The number of para-hydroxylation sites is 1. The molecule has 0 radical (unpaired) electrons. The summed E-state index contributed by atoms with van der Waals surface area (Å²) in [5.41, 5.74) is 0.817. The Morgan fingerprint density at radius 2 is 2.06 bits per heavy atom. The third-order valence-electron chi connectivity index (χ3n) is 3.44. The van der Waals surface area contributed by atoms with E-state index >= 15 is 0 Å². The Balaban J connectivity index is 1.83. The molecule has 0 unspecified atom stereocenters. The summed E-state index contributed by atoms with van der Waals surface area (Å²) in [5.74, 6) is 0.896. The molecule has 0 spiro atoms. The SMILES string of the molecule is CC1CCN(C(=O)CNc2ccccc2Cl)CC1. The van der Waals surface area contributed by atoms with Crippen LogP contribution in [0.15, 0.2) is 24.3 Å². The molecule has 0 atom stereocenters. The van der Waals surface area contributed by atoms with Crippen LogP contribution in [-0.2, 0) is 4.79 Å². The number of benzene rings is 1. The Bertz CT molecular complexity index is 414. The number of rotatable bonds is 3. The van der Waals surface area contributed by atoms with E-state index in [1.807, 2.05) is 29.2 Å². The molecule has 1 aromatic rings. The van der Waals surface area contributed by atoms with E-state index in [1.54, 1.807) is 0 Å². The van der Waals surface area contributed by atoms with E-state index < -0.39 is 0 Å². The van der Waals surface area contributed by atoms with Crippen molar-refractivity contribution in [2.24, 2.45) is 5.92 Å². The average molecular weight is 267 g/mol. The maximum atomic E-state index is 12.0. The predicted octanol–water partition coefficient (Wildman–Crippen LogP) is 3.01. The van der Waals surface area contributed by atoms with E-state index in [0.29, 0.717) is 11.6 Å². The van der Waals surface area contributed by atoms with Crippen molar-refractivity contribution in [2.45, 2.75) is 19.8 Å². The summed E-state index contributed by atoms with van der Waals surface area (Å²) in [6.07, 6.45) is 2.22. The van der Waals surface area contributed by atoms with Crippen molar-refractivity contribution in [3.8, 4) is 0 Å². The van der Waals surface area contributed by atoms with Gasteiger partial charge in [-0.1, -0.05) is 30.7 Å². The lowest BCUT2D eigenvalue weighted by Crippen LogP contribution is -2.40. The Kier molecular flexibility index (Phi) is 4.48. The smallest absolute Gasteiger partial charge is 0.241 e. The first kappa shape index (κ1) is 13.2. The molecular formula is C14H19ClN2O. The second-order valence-electron chi connectivity index (χ2n) is 4.90. The third kappa shape index (κ3) is 3.39. The van der Waals surface area contributed by atoms with Crippen LogP contribution in [-0.4, -0.2) is 30.4 Å². The van der Waals surface area contributed by atoms with Crippen LogP contribution in [0.3, 0.4) is 0 Å². The zero-order valence-corrected chi connectivity index (χ0v) is 11.4. The predicted molar refractivity (Wildman–Crippen MR) is 74.9 cm³/mol. The Labute approximate surface area is 113 Å². The molecule has 1 N–H and O–H groups in total. The van der Waals surface area contributed by atoms with Crippen molar-refractivity contribution in [1.82, 2.24) is 4.90 Å². The molecule has 1 saturated heterocycles. The van der Waals surface area contributed by atoms with Crippen molar-refractivity contribution in [3.63, 3.8) is 0 Å². The van der Waals surface area contributed by atoms with Crippen molar-refractivity contribution in [2.75, 3.05) is 25.0 Å². The van der Waals surface area contributed by atoms with Gasteiger partial charge in [0, 0.05) is 13.1 Å². The Hall–Kier alpha value is -1.22.